The molecule has 0 N–H and O–H groups in total. The van der Waals surface area contributed by atoms with Gasteiger partial charge in [0.25, 0.3) is 0 Å². The van der Waals surface area contributed by atoms with Gasteiger partial charge >= 0.3 is 11.9 Å². The molecule has 7 heteroatoms. The molecule has 0 saturated heterocycles. The van der Waals surface area contributed by atoms with Crippen LogP contribution in [0.1, 0.15) is 127 Å². The molecule has 2 fully saturated rings. The van der Waals surface area contributed by atoms with Crippen LogP contribution in [0.3, 0.4) is 0 Å². The van der Waals surface area contributed by atoms with Crippen molar-refractivity contribution in [1.82, 2.24) is 0 Å². The van der Waals surface area contributed by atoms with E-state index in [0.29, 0.717) is 24.7 Å². The van der Waals surface area contributed by atoms with Crippen LogP contribution in [0.15, 0.2) is 18.2 Å². The minimum atomic E-state index is -1.52. The summed E-state index contributed by atoms with van der Waals surface area (Å²) >= 11 is 6.72. The van der Waals surface area contributed by atoms with E-state index in [1.165, 1.54) is 5.56 Å². The van der Waals surface area contributed by atoms with Crippen molar-refractivity contribution in [2.45, 2.75) is 140 Å². The summed E-state index contributed by atoms with van der Waals surface area (Å²) in [6.45, 7) is 3.95. The average Bonchev–Trinajstić information content (AvgIpc) is 2.91. The lowest BCUT2D eigenvalue weighted by molar-refractivity contribution is -0.157. The van der Waals surface area contributed by atoms with E-state index in [4.69, 9.17) is 21.1 Å². The number of alkyl halides is 2. The number of hydrogen-bond acceptors (Lipinski definition) is 4. The fourth-order valence-electron chi connectivity index (χ4n) is 5.61. The second-order valence-electron chi connectivity index (χ2n) is 10.8. The average molecular weight is 541 g/mol. The molecule has 0 heterocycles. The molecule has 0 unspecified atom stereocenters. The van der Waals surface area contributed by atoms with Gasteiger partial charge in [0.05, 0.1) is 0 Å². The van der Waals surface area contributed by atoms with Crippen LogP contribution in [0.25, 0.3) is 0 Å². The lowest BCUT2D eigenvalue weighted by Gasteiger charge is -2.31. The summed E-state index contributed by atoms with van der Waals surface area (Å²) in [5.41, 5.74) is 2.30. The van der Waals surface area contributed by atoms with Crippen molar-refractivity contribution in [3.8, 4) is 0 Å². The van der Waals surface area contributed by atoms with Gasteiger partial charge in [-0.2, -0.15) is 0 Å². The maximum atomic E-state index is 13.9. The van der Waals surface area contributed by atoms with E-state index >= 15 is 0 Å². The molecule has 37 heavy (non-hydrogen) atoms. The Morgan fingerprint density at radius 3 is 1.70 bits per heavy atom. The molecule has 0 bridgehead atoms. The molecular formula is C30H43ClF2O4. The van der Waals surface area contributed by atoms with Crippen molar-refractivity contribution in [3.05, 3.63) is 34.3 Å². The summed E-state index contributed by atoms with van der Waals surface area (Å²) in [5.74, 6) is -0.784. The first kappa shape index (κ1) is 29.9. The highest BCUT2D eigenvalue weighted by atomic mass is 35.5. The predicted octanol–water partition coefficient (Wildman–Crippen LogP) is 8.54. The number of ether oxygens (including phenoxy) is 2. The van der Waals surface area contributed by atoms with Crippen LogP contribution < -0.4 is 0 Å². The summed E-state index contributed by atoms with van der Waals surface area (Å²) < 4.78 is 38.7. The third-order valence-corrected chi connectivity index (χ3v) is 8.31. The second kappa shape index (κ2) is 15.0. The van der Waals surface area contributed by atoms with Gasteiger partial charge in [-0.3, -0.25) is 0 Å². The highest BCUT2D eigenvalue weighted by Crippen LogP contribution is 2.40. The molecule has 0 aromatic heterocycles. The van der Waals surface area contributed by atoms with Gasteiger partial charge in [-0.1, -0.05) is 63.3 Å². The van der Waals surface area contributed by atoms with Crippen molar-refractivity contribution < 1.29 is 27.8 Å². The molecule has 1 aromatic carbocycles. The highest BCUT2D eigenvalue weighted by molar-refractivity contribution is 6.31. The van der Waals surface area contributed by atoms with E-state index in [2.05, 4.69) is 18.2 Å². The van der Waals surface area contributed by atoms with Crippen molar-refractivity contribution in [2.24, 2.45) is 0 Å². The number of unbranched alkanes of at least 4 members (excludes halogenated alkanes) is 2. The van der Waals surface area contributed by atoms with Gasteiger partial charge in [0.2, 0.25) is 0 Å². The number of rotatable bonds is 12. The number of halogens is 3. The van der Waals surface area contributed by atoms with Crippen molar-refractivity contribution >= 4 is 23.5 Å². The van der Waals surface area contributed by atoms with Gasteiger partial charge in [0.15, 0.2) is 12.3 Å². The molecule has 3 rings (SSSR count). The normalized spacial score (nSPS) is 25.8. The minimum absolute atomic E-state index is 0.207. The number of hydrogen-bond donors (Lipinski definition) is 0. The highest BCUT2D eigenvalue weighted by Gasteiger charge is 2.30. The monoisotopic (exact) mass is 540 g/mol. The number of esters is 2. The van der Waals surface area contributed by atoms with E-state index in [9.17, 15) is 18.4 Å². The molecule has 4 nitrogen and oxygen atoms in total. The Morgan fingerprint density at radius 1 is 0.811 bits per heavy atom. The van der Waals surface area contributed by atoms with Crippen molar-refractivity contribution in [2.75, 3.05) is 0 Å². The lowest BCUT2D eigenvalue weighted by atomic mass is 9.80. The number of carbonyl (C=O) groups excluding carboxylic acids is 2. The van der Waals surface area contributed by atoms with Crippen LogP contribution in [0, 0.1) is 0 Å². The molecule has 2 atom stereocenters. The van der Waals surface area contributed by atoms with Gasteiger partial charge in [-0.05, 0) is 93.2 Å². The maximum absolute atomic E-state index is 13.9. The Bertz CT molecular complexity index is 863. The van der Waals surface area contributed by atoms with E-state index < -0.39 is 24.3 Å². The Morgan fingerprint density at radius 2 is 1.27 bits per heavy atom. The summed E-state index contributed by atoms with van der Waals surface area (Å²) in [7, 11) is 0. The molecule has 1 aromatic rings. The van der Waals surface area contributed by atoms with Gasteiger partial charge in [0, 0.05) is 5.02 Å². The molecule has 0 amide bonds. The Hall–Kier alpha value is -1.69. The summed E-state index contributed by atoms with van der Waals surface area (Å²) in [6.07, 6.45) is 6.47. The van der Waals surface area contributed by atoms with Gasteiger partial charge in [-0.15, -0.1) is 0 Å². The van der Waals surface area contributed by atoms with Gasteiger partial charge in [-0.25, -0.2) is 18.4 Å². The molecule has 0 radical (unpaired) electrons. The Balaban J connectivity index is 1.45. The summed E-state index contributed by atoms with van der Waals surface area (Å²) in [5, 5.41) is 0.756. The fourth-order valence-corrected chi connectivity index (χ4v) is 5.96. The van der Waals surface area contributed by atoms with Crippen LogP contribution in [0.4, 0.5) is 8.78 Å². The topological polar surface area (TPSA) is 52.6 Å². The number of carbonyl (C=O) groups is 2. The van der Waals surface area contributed by atoms with E-state index in [1.807, 2.05) is 13.8 Å². The molecular weight excluding hydrogens is 498 g/mol. The molecule has 2 aliphatic carbocycles. The fraction of sp³-hybridized carbons (Fsp3) is 0.733. The first-order chi connectivity index (χ1) is 17.8. The van der Waals surface area contributed by atoms with Crippen molar-refractivity contribution in [1.29, 1.82) is 0 Å². The maximum Gasteiger partial charge on any atom is 0.340 e. The van der Waals surface area contributed by atoms with Crippen LogP contribution in [0.2, 0.25) is 5.02 Å². The van der Waals surface area contributed by atoms with E-state index in [0.717, 1.165) is 74.8 Å². The largest absolute Gasteiger partial charge is 0.460 e. The summed E-state index contributed by atoms with van der Waals surface area (Å²) in [4.78, 5) is 24.0. The zero-order valence-corrected chi connectivity index (χ0v) is 23.1. The molecule has 0 spiro atoms. The van der Waals surface area contributed by atoms with Gasteiger partial charge < -0.3 is 9.47 Å². The smallest absolute Gasteiger partial charge is 0.340 e. The standard InChI is InChI=1S/C30H43ClF2O4/c1-3-5-7-27(32)29(34)36-23-14-9-20(10-15-23)22-13-18-25(26(31)19-22)21-11-16-24(17-12-21)37-30(35)28(33)8-6-4-2/h13,18-21,23-24,27-28H,3-12,14-17H2,1-2H3/t20?,21?,23?,24?,27-,28-/m0/s1. The third kappa shape index (κ3) is 8.94. The predicted molar refractivity (Wildman–Crippen MR) is 142 cm³/mol. The van der Waals surface area contributed by atoms with Crippen LogP contribution >= 0.6 is 11.6 Å². The minimum Gasteiger partial charge on any atom is -0.460 e. The van der Waals surface area contributed by atoms with Crippen LogP contribution in [0.5, 0.6) is 0 Å². The van der Waals surface area contributed by atoms with Crippen LogP contribution in [-0.2, 0) is 19.1 Å². The SMILES string of the molecule is CCCC[C@H](F)C(=O)OC1CCC(c2ccc(C3CCC(OC(=O)[C@@H](F)CCCC)CC3)c(Cl)c2)CC1. The Kier molecular flexibility index (Phi) is 12.1. The third-order valence-electron chi connectivity index (χ3n) is 7.98. The quantitative estimate of drug-likeness (QED) is 0.249. The van der Waals surface area contributed by atoms with E-state index in [-0.39, 0.29) is 25.0 Å². The van der Waals surface area contributed by atoms with Crippen molar-refractivity contribution in [3.63, 3.8) is 0 Å². The zero-order chi connectivity index (χ0) is 26.8. The first-order valence-corrected chi connectivity index (χ1v) is 14.7. The second-order valence-corrected chi connectivity index (χ2v) is 11.2. The van der Waals surface area contributed by atoms with Crippen LogP contribution in [-0.4, -0.2) is 36.5 Å². The zero-order valence-electron chi connectivity index (χ0n) is 22.4. The summed E-state index contributed by atoms with van der Waals surface area (Å²) in [6, 6.07) is 6.32. The molecule has 2 saturated carbocycles. The first-order valence-electron chi connectivity index (χ1n) is 14.3. The number of benzene rings is 1. The molecule has 0 aliphatic heterocycles. The Labute approximate surface area is 225 Å². The van der Waals surface area contributed by atoms with E-state index in [1.54, 1.807) is 0 Å². The molecule has 2 aliphatic rings. The lowest BCUT2D eigenvalue weighted by Crippen LogP contribution is -2.28. The van der Waals surface area contributed by atoms with Gasteiger partial charge in [0.1, 0.15) is 12.2 Å². The molecule has 208 valence electrons.